The topological polar surface area (TPSA) is 94.1 Å². The quantitative estimate of drug-likeness (QED) is 0.490. The zero-order chi connectivity index (χ0) is 13.1. The van der Waals surface area contributed by atoms with Crippen LogP contribution in [0.15, 0.2) is 0 Å². The summed E-state index contributed by atoms with van der Waals surface area (Å²) < 4.78 is 8.51. The predicted octanol–water partition coefficient (Wildman–Crippen LogP) is -0.761. The maximum absolute atomic E-state index is 10.5. The van der Waals surface area contributed by atoms with E-state index in [0.29, 0.717) is 0 Å². The molecule has 0 bridgehead atoms. The normalized spacial score (nSPS) is 12.9. The summed E-state index contributed by atoms with van der Waals surface area (Å²) in [5, 5.41) is 8.35. The van der Waals surface area contributed by atoms with E-state index in [1.54, 1.807) is 6.92 Å². The minimum absolute atomic E-state index is 0.336. The lowest BCUT2D eigenvalue weighted by Crippen LogP contribution is -2.33. The third-order valence-corrected chi connectivity index (χ3v) is 1.39. The van der Waals surface area contributed by atoms with Gasteiger partial charge in [-0.1, -0.05) is 0 Å². The van der Waals surface area contributed by atoms with E-state index in [-0.39, 0.29) is 5.97 Å². The van der Waals surface area contributed by atoms with Crippen LogP contribution in [0.5, 0.6) is 0 Å². The molecule has 2 atom stereocenters. The molecule has 0 aromatic carbocycles. The fourth-order valence-corrected chi connectivity index (χ4v) is 0.572. The van der Waals surface area contributed by atoms with Crippen LogP contribution in [-0.2, 0) is 23.9 Å². The minimum atomic E-state index is -0.995. The van der Waals surface area contributed by atoms with Gasteiger partial charge in [0.05, 0.1) is 21.3 Å². The van der Waals surface area contributed by atoms with Crippen molar-refractivity contribution in [1.82, 2.24) is 5.48 Å². The average Bonchev–Trinajstić information content (AvgIpc) is 2.27. The number of esters is 2. The SMILES string of the molecule is COC(=O)[C@@H](C)O.CON[C@@H](C)C(=O)OC. The molecule has 0 heterocycles. The number of hydrogen-bond acceptors (Lipinski definition) is 7. The highest BCUT2D eigenvalue weighted by atomic mass is 16.6. The molecule has 0 radical (unpaired) electrons. The van der Waals surface area contributed by atoms with Crippen LogP contribution in [-0.4, -0.2) is 50.5 Å². The summed E-state index contributed by atoms with van der Waals surface area (Å²) in [4.78, 5) is 25.1. The van der Waals surface area contributed by atoms with Gasteiger partial charge < -0.3 is 19.4 Å². The number of hydrogen-bond donors (Lipinski definition) is 2. The van der Waals surface area contributed by atoms with E-state index < -0.39 is 18.1 Å². The van der Waals surface area contributed by atoms with E-state index in [4.69, 9.17) is 5.11 Å². The lowest BCUT2D eigenvalue weighted by atomic mass is 10.4. The first kappa shape index (κ1) is 17.2. The molecule has 16 heavy (non-hydrogen) atoms. The van der Waals surface area contributed by atoms with Gasteiger partial charge in [0.25, 0.3) is 0 Å². The number of nitrogens with one attached hydrogen (secondary N) is 1. The number of aliphatic hydroxyl groups excluding tert-OH is 1. The summed E-state index contributed by atoms with van der Waals surface area (Å²) >= 11 is 0. The summed E-state index contributed by atoms with van der Waals surface area (Å²) in [6.45, 7) is 3.00. The number of rotatable bonds is 4. The molecule has 7 heteroatoms. The number of ether oxygens (including phenoxy) is 2. The fraction of sp³-hybridized carbons (Fsp3) is 0.778. The molecule has 0 spiro atoms. The third-order valence-electron chi connectivity index (χ3n) is 1.39. The van der Waals surface area contributed by atoms with E-state index >= 15 is 0 Å². The number of aliphatic hydroxyl groups is 1. The maximum Gasteiger partial charge on any atom is 0.334 e. The zero-order valence-electron chi connectivity index (χ0n) is 10.1. The Hall–Kier alpha value is -1.18. The van der Waals surface area contributed by atoms with Crippen molar-refractivity contribution in [2.24, 2.45) is 0 Å². The van der Waals surface area contributed by atoms with Gasteiger partial charge in [0.15, 0.2) is 0 Å². The van der Waals surface area contributed by atoms with Crippen LogP contribution in [0, 0.1) is 0 Å². The largest absolute Gasteiger partial charge is 0.468 e. The van der Waals surface area contributed by atoms with Crippen LogP contribution in [0.4, 0.5) is 0 Å². The van der Waals surface area contributed by atoms with Crippen molar-refractivity contribution in [3.05, 3.63) is 0 Å². The van der Waals surface area contributed by atoms with Gasteiger partial charge in [0.2, 0.25) is 0 Å². The number of hydroxylamine groups is 1. The van der Waals surface area contributed by atoms with Crippen LogP contribution in [0.25, 0.3) is 0 Å². The molecule has 0 fully saturated rings. The van der Waals surface area contributed by atoms with Crippen molar-refractivity contribution in [3.63, 3.8) is 0 Å². The molecule has 0 saturated heterocycles. The molecule has 0 aromatic rings. The molecule has 0 rings (SSSR count). The second-order valence-corrected chi connectivity index (χ2v) is 2.77. The Morgan fingerprint density at radius 1 is 1.06 bits per heavy atom. The molecule has 0 amide bonds. The molecular weight excluding hydrogens is 218 g/mol. The van der Waals surface area contributed by atoms with E-state index in [0.717, 1.165) is 0 Å². The molecule has 0 saturated carbocycles. The number of carbonyl (C=O) groups is 2. The number of methoxy groups -OCH3 is 2. The second-order valence-electron chi connectivity index (χ2n) is 2.77. The molecule has 0 aromatic heterocycles. The van der Waals surface area contributed by atoms with E-state index in [2.05, 4.69) is 19.8 Å². The summed E-state index contributed by atoms with van der Waals surface area (Å²) in [6.07, 6.45) is -0.995. The zero-order valence-corrected chi connectivity index (χ0v) is 10.1. The summed E-state index contributed by atoms with van der Waals surface area (Å²) in [5.74, 6) is -0.933. The van der Waals surface area contributed by atoms with E-state index in [1.165, 1.54) is 28.3 Å². The Balaban J connectivity index is 0. The first-order valence-electron chi connectivity index (χ1n) is 4.52. The Morgan fingerprint density at radius 3 is 1.69 bits per heavy atom. The van der Waals surface area contributed by atoms with E-state index in [9.17, 15) is 9.59 Å². The van der Waals surface area contributed by atoms with Crippen molar-refractivity contribution in [2.45, 2.75) is 26.0 Å². The van der Waals surface area contributed by atoms with Crippen molar-refractivity contribution < 1.29 is 29.0 Å². The second kappa shape index (κ2) is 10.3. The van der Waals surface area contributed by atoms with Crippen LogP contribution >= 0.6 is 0 Å². The van der Waals surface area contributed by atoms with Crippen LogP contribution in [0.1, 0.15) is 13.8 Å². The van der Waals surface area contributed by atoms with Crippen LogP contribution in [0.2, 0.25) is 0 Å². The molecule has 0 aliphatic heterocycles. The van der Waals surface area contributed by atoms with Crippen molar-refractivity contribution in [3.8, 4) is 0 Å². The Kier molecular flexibility index (Phi) is 11.1. The van der Waals surface area contributed by atoms with Gasteiger partial charge in [0, 0.05) is 0 Å². The molecular formula is C9H19NO6. The van der Waals surface area contributed by atoms with Gasteiger partial charge >= 0.3 is 11.9 Å². The Bertz CT molecular complexity index is 206. The standard InChI is InChI=1S/C5H11NO3.C4H8O3/c1-4(6-9-3)5(7)8-2;1-3(5)4(6)7-2/h4,6H,1-3H3;3,5H,1-2H3/t4-;3-/m01/s1. The van der Waals surface area contributed by atoms with E-state index in [1.807, 2.05) is 0 Å². The van der Waals surface area contributed by atoms with Gasteiger partial charge in [-0.15, -0.1) is 0 Å². The Labute approximate surface area is 94.6 Å². The van der Waals surface area contributed by atoms with Crippen LogP contribution < -0.4 is 5.48 Å². The maximum atomic E-state index is 10.5. The number of carbonyl (C=O) groups excluding carboxylic acids is 2. The third kappa shape index (κ3) is 9.38. The summed E-state index contributed by atoms with van der Waals surface area (Å²) in [5.41, 5.74) is 2.42. The highest BCUT2D eigenvalue weighted by Crippen LogP contribution is 1.83. The molecule has 0 aliphatic carbocycles. The highest BCUT2D eigenvalue weighted by Gasteiger charge is 2.10. The van der Waals surface area contributed by atoms with Gasteiger partial charge in [-0.2, -0.15) is 5.48 Å². The minimum Gasteiger partial charge on any atom is -0.468 e. The highest BCUT2D eigenvalue weighted by molar-refractivity contribution is 5.74. The predicted molar refractivity (Wildman–Crippen MR) is 55.3 cm³/mol. The Morgan fingerprint density at radius 2 is 1.50 bits per heavy atom. The van der Waals surface area contributed by atoms with Gasteiger partial charge in [-0.05, 0) is 13.8 Å². The molecule has 0 aliphatic rings. The molecule has 2 N–H and O–H groups in total. The van der Waals surface area contributed by atoms with Gasteiger partial charge in [-0.25, -0.2) is 4.79 Å². The lowest BCUT2D eigenvalue weighted by molar-refractivity contribution is -0.149. The van der Waals surface area contributed by atoms with Crippen LogP contribution in [0.3, 0.4) is 0 Å². The summed E-state index contributed by atoms with van der Waals surface area (Å²) in [7, 11) is 4.00. The van der Waals surface area contributed by atoms with Gasteiger partial charge in [0.1, 0.15) is 12.1 Å². The molecule has 0 unspecified atom stereocenters. The molecule has 7 nitrogen and oxygen atoms in total. The first-order valence-corrected chi connectivity index (χ1v) is 4.52. The lowest BCUT2D eigenvalue weighted by Gasteiger charge is -2.07. The van der Waals surface area contributed by atoms with Crippen molar-refractivity contribution in [2.75, 3.05) is 21.3 Å². The fourth-order valence-electron chi connectivity index (χ4n) is 0.572. The first-order chi connectivity index (χ1) is 7.40. The van der Waals surface area contributed by atoms with Crippen molar-refractivity contribution in [1.29, 1.82) is 0 Å². The van der Waals surface area contributed by atoms with Gasteiger partial charge in [-0.3, -0.25) is 4.79 Å². The average molecular weight is 237 g/mol. The smallest absolute Gasteiger partial charge is 0.334 e. The summed E-state index contributed by atoms with van der Waals surface area (Å²) in [6, 6.07) is -0.403. The van der Waals surface area contributed by atoms with Crippen molar-refractivity contribution >= 4 is 11.9 Å². The monoisotopic (exact) mass is 237 g/mol. The molecule has 96 valence electrons.